The standard InChI is InChI=1S/C12H9N3OS2/c1-7-3-2-4-8(5-7)11-13-6-9(18-11)10-14-15-12(17)16-10/h2-6H,1H3,(H,15,17). The van der Waals surface area contributed by atoms with Crippen LogP contribution in [-0.4, -0.2) is 15.2 Å². The zero-order valence-corrected chi connectivity index (χ0v) is 11.1. The molecule has 0 fully saturated rings. The van der Waals surface area contributed by atoms with Crippen molar-refractivity contribution in [2.75, 3.05) is 0 Å². The van der Waals surface area contributed by atoms with Crippen molar-refractivity contribution in [1.29, 1.82) is 0 Å². The van der Waals surface area contributed by atoms with Gasteiger partial charge in [-0.15, -0.1) is 16.4 Å². The van der Waals surface area contributed by atoms with E-state index in [1.54, 1.807) is 6.20 Å². The van der Waals surface area contributed by atoms with Gasteiger partial charge in [-0.05, 0) is 25.2 Å². The van der Waals surface area contributed by atoms with Gasteiger partial charge in [-0.25, -0.2) is 10.1 Å². The molecule has 0 aliphatic rings. The second-order valence-corrected chi connectivity index (χ2v) is 5.22. The van der Waals surface area contributed by atoms with Gasteiger partial charge in [0.1, 0.15) is 9.88 Å². The highest BCUT2D eigenvalue weighted by Gasteiger charge is 2.10. The molecule has 4 nitrogen and oxygen atoms in total. The Morgan fingerprint density at radius 2 is 2.28 bits per heavy atom. The van der Waals surface area contributed by atoms with E-state index < -0.39 is 0 Å². The molecular formula is C12H9N3OS2. The molecule has 0 saturated heterocycles. The van der Waals surface area contributed by atoms with Crippen molar-refractivity contribution in [3.05, 3.63) is 40.9 Å². The van der Waals surface area contributed by atoms with Crippen LogP contribution in [0.15, 0.2) is 34.9 Å². The van der Waals surface area contributed by atoms with Crippen LogP contribution in [0.5, 0.6) is 0 Å². The zero-order valence-electron chi connectivity index (χ0n) is 9.51. The highest BCUT2D eigenvalue weighted by molar-refractivity contribution is 7.71. The first-order valence-electron chi connectivity index (χ1n) is 5.31. The number of rotatable bonds is 2. The number of hydrogen-bond donors (Lipinski definition) is 1. The van der Waals surface area contributed by atoms with Crippen LogP contribution in [0.2, 0.25) is 0 Å². The van der Waals surface area contributed by atoms with Crippen LogP contribution in [0, 0.1) is 11.8 Å². The van der Waals surface area contributed by atoms with Crippen molar-refractivity contribution in [2.45, 2.75) is 6.92 Å². The third-order valence-electron chi connectivity index (χ3n) is 2.42. The van der Waals surface area contributed by atoms with E-state index in [1.165, 1.54) is 16.9 Å². The van der Waals surface area contributed by atoms with Crippen molar-refractivity contribution in [3.8, 4) is 21.3 Å². The van der Waals surface area contributed by atoms with E-state index in [2.05, 4.69) is 34.2 Å². The van der Waals surface area contributed by atoms with Gasteiger partial charge in [0.2, 0.25) is 0 Å². The number of aromatic nitrogens is 3. The van der Waals surface area contributed by atoms with E-state index in [9.17, 15) is 0 Å². The molecule has 18 heavy (non-hydrogen) atoms. The Kier molecular flexibility index (Phi) is 2.81. The predicted molar refractivity (Wildman–Crippen MR) is 73.0 cm³/mol. The monoisotopic (exact) mass is 275 g/mol. The molecular weight excluding hydrogens is 266 g/mol. The molecule has 0 saturated carbocycles. The lowest BCUT2D eigenvalue weighted by Crippen LogP contribution is -1.76. The Hall–Kier alpha value is -1.79. The predicted octanol–water partition coefficient (Wildman–Crippen LogP) is 3.83. The summed E-state index contributed by atoms with van der Waals surface area (Å²) in [4.78, 5) is 5.52. The van der Waals surface area contributed by atoms with Crippen LogP contribution in [0.1, 0.15) is 5.56 Å². The van der Waals surface area contributed by atoms with E-state index >= 15 is 0 Å². The molecule has 6 heteroatoms. The summed E-state index contributed by atoms with van der Waals surface area (Å²) in [5.74, 6) is 0.483. The maximum atomic E-state index is 5.26. The molecule has 0 radical (unpaired) electrons. The number of aromatic amines is 1. The van der Waals surface area contributed by atoms with E-state index in [0.29, 0.717) is 5.89 Å². The van der Waals surface area contributed by atoms with Crippen molar-refractivity contribution in [1.82, 2.24) is 15.2 Å². The van der Waals surface area contributed by atoms with Crippen LogP contribution in [0.25, 0.3) is 21.3 Å². The van der Waals surface area contributed by atoms with E-state index in [0.717, 1.165) is 15.4 Å². The molecule has 0 unspecified atom stereocenters. The van der Waals surface area contributed by atoms with Crippen molar-refractivity contribution in [2.24, 2.45) is 0 Å². The van der Waals surface area contributed by atoms with E-state index in [1.807, 2.05) is 12.1 Å². The number of aryl methyl sites for hydroxylation is 1. The number of benzene rings is 1. The van der Waals surface area contributed by atoms with Gasteiger partial charge in [-0.3, -0.25) is 0 Å². The van der Waals surface area contributed by atoms with Gasteiger partial charge in [-0.1, -0.05) is 23.8 Å². The summed E-state index contributed by atoms with van der Waals surface area (Å²) in [6, 6.07) is 8.22. The van der Waals surface area contributed by atoms with Gasteiger partial charge in [-0.2, -0.15) is 0 Å². The first-order chi connectivity index (χ1) is 8.72. The second kappa shape index (κ2) is 4.47. The van der Waals surface area contributed by atoms with Crippen molar-refractivity contribution in [3.63, 3.8) is 0 Å². The summed E-state index contributed by atoms with van der Waals surface area (Å²) < 4.78 is 5.26. The Bertz CT molecular complexity index is 741. The van der Waals surface area contributed by atoms with Gasteiger partial charge in [0.25, 0.3) is 10.7 Å². The molecule has 2 heterocycles. The normalized spacial score (nSPS) is 10.7. The van der Waals surface area contributed by atoms with Gasteiger partial charge in [0, 0.05) is 5.56 Å². The molecule has 1 aromatic carbocycles. The summed E-state index contributed by atoms with van der Waals surface area (Å²) in [7, 11) is 0. The van der Waals surface area contributed by atoms with Gasteiger partial charge in [0.15, 0.2) is 0 Å². The fourth-order valence-corrected chi connectivity index (χ4v) is 2.58. The van der Waals surface area contributed by atoms with Crippen molar-refractivity contribution < 1.29 is 4.42 Å². The lowest BCUT2D eigenvalue weighted by molar-refractivity contribution is 0.553. The summed E-state index contributed by atoms with van der Waals surface area (Å²) in [5.41, 5.74) is 2.31. The number of nitrogens with one attached hydrogen (secondary N) is 1. The average molecular weight is 275 g/mol. The fraction of sp³-hybridized carbons (Fsp3) is 0.0833. The molecule has 0 aliphatic carbocycles. The van der Waals surface area contributed by atoms with Gasteiger partial charge >= 0.3 is 0 Å². The summed E-state index contributed by atoms with van der Waals surface area (Å²) >= 11 is 6.38. The largest absolute Gasteiger partial charge is 0.408 e. The first-order valence-corrected chi connectivity index (χ1v) is 6.53. The van der Waals surface area contributed by atoms with Crippen LogP contribution < -0.4 is 0 Å². The summed E-state index contributed by atoms with van der Waals surface area (Å²) in [6.45, 7) is 2.06. The zero-order chi connectivity index (χ0) is 12.5. The smallest absolute Gasteiger partial charge is 0.284 e. The summed E-state index contributed by atoms with van der Waals surface area (Å²) in [5, 5.41) is 7.53. The first kappa shape index (κ1) is 11.3. The molecule has 0 atom stereocenters. The Balaban J connectivity index is 2.01. The number of H-pyrrole nitrogens is 1. The van der Waals surface area contributed by atoms with E-state index in [4.69, 9.17) is 16.6 Å². The molecule has 0 bridgehead atoms. The number of hydrogen-bond acceptors (Lipinski definition) is 5. The van der Waals surface area contributed by atoms with Gasteiger partial charge in [0.05, 0.1) is 6.20 Å². The quantitative estimate of drug-likeness (QED) is 0.722. The lowest BCUT2D eigenvalue weighted by atomic mass is 10.1. The Morgan fingerprint density at radius 3 is 3.00 bits per heavy atom. The minimum absolute atomic E-state index is 0.274. The maximum absolute atomic E-state index is 5.26. The van der Waals surface area contributed by atoms with E-state index in [-0.39, 0.29) is 4.84 Å². The molecule has 2 aromatic heterocycles. The van der Waals surface area contributed by atoms with Gasteiger partial charge < -0.3 is 4.42 Å². The molecule has 3 aromatic rings. The highest BCUT2D eigenvalue weighted by atomic mass is 32.1. The van der Waals surface area contributed by atoms with Crippen LogP contribution >= 0.6 is 23.6 Å². The molecule has 1 N–H and O–H groups in total. The molecule has 90 valence electrons. The maximum Gasteiger partial charge on any atom is 0.284 e. The van der Waals surface area contributed by atoms with Crippen LogP contribution in [-0.2, 0) is 0 Å². The molecule has 0 spiro atoms. The fourth-order valence-electron chi connectivity index (χ4n) is 1.62. The number of nitrogens with zero attached hydrogens (tertiary/aromatic N) is 2. The minimum Gasteiger partial charge on any atom is -0.408 e. The molecule has 0 amide bonds. The Morgan fingerprint density at radius 1 is 1.39 bits per heavy atom. The highest BCUT2D eigenvalue weighted by Crippen LogP contribution is 2.31. The number of thiazole rings is 1. The second-order valence-electron chi connectivity index (χ2n) is 3.82. The molecule has 3 rings (SSSR count). The third kappa shape index (κ3) is 2.12. The molecule has 0 aliphatic heterocycles. The third-order valence-corrected chi connectivity index (χ3v) is 3.63. The summed E-state index contributed by atoms with van der Waals surface area (Å²) in [6.07, 6.45) is 1.75. The van der Waals surface area contributed by atoms with Crippen molar-refractivity contribution >= 4 is 23.6 Å². The Labute approximate surface area is 112 Å². The van der Waals surface area contributed by atoms with Crippen LogP contribution in [0.4, 0.5) is 0 Å². The van der Waals surface area contributed by atoms with Crippen LogP contribution in [0.3, 0.4) is 0 Å². The average Bonchev–Trinajstić information content (AvgIpc) is 2.97. The topological polar surface area (TPSA) is 54.7 Å². The SMILES string of the molecule is Cc1cccc(-c2ncc(-c3n[nH]c(=S)o3)s2)c1. The lowest BCUT2D eigenvalue weighted by Gasteiger charge is -1.96. The minimum atomic E-state index is 0.274.